The van der Waals surface area contributed by atoms with E-state index in [1.807, 2.05) is 12.1 Å². The molecule has 1 aliphatic heterocycles. The maximum absolute atomic E-state index is 12.0. The van der Waals surface area contributed by atoms with Gasteiger partial charge in [0.05, 0.1) is 6.54 Å². The topological polar surface area (TPSA) is 66.0 Å². The van der Waals surface area contributed by atoms with Gasteiger partial charge in [0.1, 0.15) is 18.1 Å². The van der Waals surface area contributed by atoms with Crippen molar-refractivity contribution in [3.8, 4) is 23.0 Å². The van der Waals surface area contributed by atoms with Gasteiger partial charge < -0.3 is 24.3 Å². The van der Waals surface area contributed by atoms with Gasteiger partial charge in [-0.25, -0.2) is 0 Å². The van der Waals surface area contributed by atoms with Gasteiger partial charge in [-0.05, 0) is 43.3 Å². The minimum Gasteiger partial charge on any atom is -0.492 e. The lowest BCUT2D eigenvalue weighted by Crippen LogP contribution is -2.38. The highest BCUT2D eigenvalue weighted by atomic mass is 79.9. The van der Waals surface area contributed by atoms with Crippen molar-refractivity contribution in [2.75, 3.05) is 19.9 Å². The Labute approximate surface area is 154 Å². The molecular weight excluding hydrogens is 390 g/mol. The van der Waals surface area contributed by atoms with E-state index in [0.717, 1.165) is 4.47 Å². The molecule has 0 radical (unpaired) electrons. The van der Waals surface area contributed by atoms with E-state index in [1.54, 1.807) is 37.3 Å². The van der Waals surface area contributed by atoms with Crippen LogP contribution in [0, 0.1) is 0 Å². The van der Waals surface area contributed by atoms with Crippen LogP contribution in [-0.2, 0) is 4.79 Å². The molecule has 0 fully saturated rings. The number of carbonyl (C=O) groups is 1. The van der Waals surface area contributed by atoms with Crippen molar-refractivity contribution in [3.05, 3.63) is 46.9 Å². The Bertz CT molecular complexity index is 735. The van der Waals surface area contributed by atoms with E-state index in [2.05, 4.69) is 21.2 Å². The number of ether oxygens (including phenoxy) is 4. The van der Waals surface area contributed by atoms with Crippen molar-refractivity contribution in [1.29, 1.82) is 0 Å². The summed E-state index contributed by atoms with van der Waals surface area (Å²) in [5.74, 6) is 2.48. The number of rotatable bonds is 7. The van der Waals surface area contributed by atoms with Gasteiger partial charge in [-0.1, -0.05) is 15.9 Å². The number of benzene rings is 2. The predicted octanol–water partition coefficient (Wildman–Crippen LogP) is 3.14. The van der Waals surface area contributed by atoms with Gasteiger partial charge in [-0.3, -0.25) is 4.79 Å². The molecule has 1 amide bonds. The number of hydrogen-bond donors (Lipinski definition) is 1. The number of fused-ring (bicyclic) bond motifs is 1. The third-order valence-electron chi connectivity index (χ3n) is 3.51. The molecule has 0 spiro atoms. The fraction of sp³-hybridized carbons (Fsp3) is 0.278. The first kappa shape index (κ1) is 17.4. The zero-order valence-corrected chi connectivity index (χ0v) is 15.2. The van der Waals surface area contributed by atoms with Crippen LogP contribution in [0.25, 0.3) is 0 Å². The third-order valence-corrected chi connectivity index (χ3v) is 4.04. The zero-order chi connectivity index (χ0) is 17.6. The first-order valence-electron chi connectivity index (χ1n) is 7.84. The summed E-state index contributed by atoms with van der Waals surface area (Å²) in [4.78, 5) is 12.0. The maximum Gasteiger partial charge on any atom is 0.260 e. The molecule has 1 heterocycles. The summed E-state index contributed by atoms with van der Waals surface area (Å²) in [5.41, 5.74) is 0. The lowest BCUT2D eigenvalue weighted by Gasteiger charge is -2.15. The Morgan fingerprint density at radius 3 is 2.68 bits per heavy atom. The summed E-state index contributed by atoms with van der Waals surface area (Å²) < 4.78 is 22.7. The second-order valence-corrected chi connectivity index (χ2v) is 6.28. The monoisotopic (exact) mass is 407 g/mol. The first-order chi connectivity index (χ1) is 12.1. The van der Waals surface area contributed by atoms with Crippen molar-refractivity contribution in [2.24, 2.45) is 0 Å². The number of nitrogens with one attached hydrogen (secondary N) is 1. The molecule has 25 heavy (non-hydrogen) atoms. The Hall–Kier alpha value is -2.41. The zero-order valence-electron chi connectivity index (χ0n) is 13.7. The van der Waals surface area contributed by atoms with Crippen molar-refractivity contribution < 1.29 is 23.7 Å². The molecule has 1 atom stereocenters. The van der Waals surface area contributed by atoms with Gasteiger partial charge in [0, 0.05) is 10.5 Å². The number of amides is 1. The number of carbonyl (C=O) groups excluding carboxylic acids is 1. The van der Waals surface area contributed by atoms with E-state index < -0.39 is 6.10 Å². The minimum absolute atomic E-state index is 0.197. The fourth-order valence-corrected chi connectivity index (χ4v) is 2.49. The molecule has 0 saturated carbocycles. The molecule has 0 saturated heterocycles. The quantitative estimate of drug-likeness (QED) is 0.714. The normalized spacial score (nSPS) is 13.2. The molecule has 0 bridgehead atoms. The second-order valence-electron chi connectivity index (χ2n) is 5.37. The molecular formula is C18H18BrNO5. The van der Waals surface area contributed by atoms with Gasteiger partial charge in [0.2, 0.25) is 6.79 Å². The molecule has 6 nitrogen and oxygen atoms in total. The molecule has 0 aliphatic carbocycles. The van der Waals surface area contributed by atoms with Gasteiger partial charge in [-0.2, -0.15) is 0 Å². The summed E-state index contributed by atoms with van der Waals surface area (Å²) in [7, 11) is 0. The smallest absolute Gasteiger partial charge is 0.260 e. The van der Waals surface area contributed by atoms with Crippen LogP contribution in [0.2, 0.25) is 0 Å². The van der Waals surface area contributed by atoms with Crippen molar-refractivity contribution in [2.45, 2.75) is 13.0 Å². The lowest BCUT2D eigenvalue weighted by molar-refractivity contribution is -0.127. The molecule has 0 aromatic heterocycles. The highest BCUT2D eigenvalue weighted by Crippen LogP contribution is 2.34. The Balaban J connectivity index is 1.39. The number of halogens is 1. The van der Waals surface area contributed by atoms with E-state index in [0.29, 0.717) is 36.1 Å². The molecule has 2 aromatic carbocycles. The van der Waals surface area contributed by atoms with Crippen molar-refractivity contribution in [1.82, 2.24) is 5.32 Å². The minimum atomic E-state index is -0.591. The molecule has 1 N–H and O–H groups in total. The van der Waals surface area contributed by atoms with E-state index in [9.17, 15) is 4.79 Å². The van der Waals surface area contributed by atoms with E-state index in [4.69, 9.17) is 18.9 Å². The van der Waals surface area contributed by atoms with E-state index in [1.165, 1.54) is 0 Å². The lowest BCUT2D eigenvalue weighted by atomic mass is 10.3. The molecule has 1 unspecified atom stereocenters. The van der Waals surface area contributed by atoms with Gasteiger partial charge in [0.15, 0.2) is 17.6 Å². The van der Waals surface area contributed by atoms with Crippen LogP contribution in [0.1, 0.15) is 6.92 Å². The van der Waals surface area contributed by atoms with Crippen LogP contribution in [0.3, 0.4) is 0 Å². The predicted molar refractivity (Wildman–Crippen MR) is 95.3 cm³/mol. The second kappa shape index (κ2) is 8.11. The van der Waals surface area contributed by atoms with Gasteiger partial charge in [0.25, 0.3) is 5.91 Å². The average molecular weight is 408 g/mol. The van der Waals surface area contributed by atoms with Crippen molar-refractivity contribution >= 4 is 21.8 Å². The van der Waals surface area contributed by atoms with Gasteiger partial charge >= 0.3 is 0 Å². The van der Waals surface area contributed by atoms with Crippen LogP contribution >= 0.6 is 15.9 Å². The highest BCUT2D eigenvalue weighted by molar-refractivity contribution is 9.10. The Morgan fingerprint density at radius 1 is 1.16 bits per heavy atom. The SMILES string of the molecule is CC(Oc1ccc(Br)cc1)C(=O)NCCOc1ccc2c(c1)OCO2. The van der Waals surface area contributed by atoms with Crippen LogP contribution in [0.15, 0.2) is 46.9 Å². The molecule has 3 rings (SSSR count). The largest absolute Gasteiger partial charge is 0.492 e. The average Bonchev–Trinajstić information content (AvgIpc) is 3.08. The molecule has 2 aromatic rings. The first-order valence-corrected chi connectivity index (χ1v) is 8.63. The van der Waals surface area contributed by atoms with E-state index in [-0.39, 0.29) is 12.7 Å². The maximum atomic E-state index is 12.0. The standard InChI is InChI=1S/C18H18BrNO5/c1-12(25-14-4-2-13(19)3-5-14)18(21)20-8-9-22-15-6-7-16-17(10-15)24-11-23-16/h2-7,10,12H,8-9,11H2,1H3,(H,20,21). The Morgan fingerprint density at radius 2 is 1.88 bits per heavy atom. The Kier molecular flexibility index (Phi) is 5.65. The summed E-state index contributed by atoms with van der Waals surface area (Å²) in [6.07, 6.45) is -0.591. The summed E-state index contributed by atoms with van der Waals surface area (Å²) in [6.45, 7) is 2.65. The number of hydrogen-bond acceptors (Lipinski definition) is 5. The van der Waals surface area contributed by atoms with Gasteiger partial charge in [-0.15, -0.1) is 0 Å². The third kappa shape index (κ3) is 4.79. The summed E-state index contributed by atoms with van der Waals surface area (Å²) >= 11 is 3.35. The molecule has 7 heteroatoms. The van der Waals surface area contributed by atoms with Crippen LogP contribution < -0.4 is 24.3 Å². The van der Waals surface area contributed by atoms with E-state index >= 15 is 0 Å². The van der Waals surface area contributed by atoms with Crippen molar-refractivity contribution in [3.63, 3.8) is 0 Å². The molecule has 1 aliphatic rings. The molecule has 132 valence electrons. The summed E-state index contributed by atoms with van der Waals surface area (Å²) in [5, 5.41) is 2.78. The van der Waals surface area contributed by atoms with Crippen LogP contribution in [-0.4, -0.2) is 32.0 Å². The highest BCUT2D eigenvalue weighted by Gasteiger charge is 2.15. The summed E-state index contributed by atoms with van der Waals surface area (Å²) in [6, 6.07) is 12.7. The fourth-order valence-electron chi connectivity index (χ4n) is 2.22. The van der Waals surface area contributed by atoms with Crippen LogP contribution in [0.5, 0.6) is 23.0 Å². The van der Waals surface area contributed by atoms with Crippen LogP contribution in [0.4, 0.5) is 0 Å².